The van der Waals surface area contributed by atoms with Crippen LogP contribution in [0.1, 0.15) is 5.56 Å². The van der Waals surface area contributed by atoms with E-state index in [1.807, 2.05) is 0 Å². The van der Waals surface area contributed by atoms with Crippen molar-refractivity contribution < 1.29 is 13.2 Å². The van der Waals surface area contributed by atoms with Crippen molar-refractivity contribution in [1.82, 2.24) is 9.97 Å². The number of thiazole rings is 1. The van der Waals surface area contributed by atoms with Crippen molar-refractivity contribution in [3.63, 3.8) is 0 Å². The van der Waals surface area contributed by atoms with Crippen molar-refractivity contribution in [3.8, 4) is 0 Å². The fourth-order valence-electron chi connectivity index (χ4n) is 0.909. The molecule has 2 aromatic rings. The number of fused-ring (bicyclic) bond motifs is 1. The summed E-state index contributed by atoms with van der Waals surface area (Å²) in [5.74, 6) is 0. The Balaban J connectivity index is 2.61. The van der Waals surface area contributed by atoms with E-state index in [4.69, 9.17) is 0 Å². The van der Waals surface area contributed by atoms with Gasteiger partial charge in [-0.05, 0) is 6.07 Å². The maximum Gasteiger partial charge on any atom is 0.417 e. The van der Waals surface area contributed by atoms with E-state index in [0.29, 0.717) is 10.3 Å². The van der Waals surface area contributed by atoms with E-state index in [9.17, 15) is 13.2 Å². The summed E-state index contributed by atoms with van der Waals surface area (Å²) in [5, 5.41) is 0. The molecule has 2 nitrogen and oxygen atoms in total. The number of alkyl halides is 3. The molecule has 0 aromatic carbocycles. The Kier molecular flexibility index (Phi) is 1.73. The quantitative estimate of drug-likeness (QED) is 0.659. The number of pyridine rings is 1. The smallest absolute Gasteiger partial charge is 0.235 e. The van der Waals surface area contributed by atoms with Crippen LogP contribution >= 0.6 is 11.3 Å². The van der Waals surface area contributed by atoms with Crippen LogP contribution in [0.15, 0.2) is 17.8 Å². The highest BCUT2D eigenvalue weighted by Gasteiger charge is 2.31. The Hall–Kier alpha value is -1.17. The highest BCUT2D eigenvalue weighted by molar-refractivity contribution is 7.16. The third-order valence-corrected chi connectivity index (χ3v) is 2.28. The first-order valence-corrected chi connectivity index (χ1v) is 4.22. The summed E-state index contributed by atoms with van der Waals surface area (Å²) in [7, 11) is 0. The summed E-state index contributed by atoms with van der Waals surface area (Å²) in [6.07, 6.45) is -3.53. The molecule has 0 N–H and O–H groups in total. The Morgan fingerprint density at radius 3 is 2.69 bits per heavy atom. The second-order valence-electron chi connectivity index (χ2n) is 2.40. The minimum atomic E-state index is -4.33. The fourth-order valence-corrected chi connectivity index (χ4v) is 1.58. The molecule has 13 heavy (non-hydrogen) atoms. The second-order valence-corrected chi connectivity index (χ2v) is 3.28. The second kappa shape index (κ2) is 2.66. The Morgan fingerprint density at radius 1 is 1.23 bits per heavy atom. The molecule has 0 aliphatic carbocycles. The monoisotopic (exact) mass is 204 g/mol. The van der Waals surface area contributed by atoms with Crippen molar-refractivity contribution in [1.29, 1.82) is 0 Å². The van der Waals surface area contributed by atoms with E-state index in [-0.39, 0.29) is 0 Å². The van der Waals surface area contributed by atoms with Crippen molar-refractivity contribution in [2.75, 3.05) is 0 Å². The van der Waals surface area contributed by atoms with Crippen molar-refractivity contribution in [2.45, 2.75) is 6.18 Å². The molecule has 0 fully saturated rings. The van der Waals surface area contributed by atoms with Crippen LogP contribution in [0.3, 0.4) is 0 Å². The number of rotatable bonds is 0. The van der Waals surface area contributed by atoms with Gasteiger partial charge in [-0.3, -0.25) is 0 Å². The molecule has 0 radical (unpaired) electrons. The van der Waals surface area contributed by atoms with Gasteiger partial charge < -0.3 is 0 Å². The molecule has 2 heterocycles. The van der Waals surface area contributed by atoms with Gasteiger partial charge in [0.25, 0.3) is 0 Å². The summed E-state index contributed by atoms with van der Waals surface area (Å²) in [4.78, 5) is 7.37. The first-order valence-electron chi connectivity index (χ1n) is 3.34. The molecule has 0 saturated heterocycles. The summed E-state index contributed by atoms with van der Waals surface area (Å²) in [5.41, 5.74) is 1.10. The Labute approximate surface area is 75.1 Å². The number of nitrogens with zero attached hydrogens (tertiary/aromatic N) is 2. The van der Waals surface area contributed by atoms with E-state index < -0.39 is 11.7 Å². The summed E-state index contributed by atoms with van der Waals surface area (Å²) in [6.45, 7) is 0. The Morgan fingerprint density at radius 2 is 2.00 bits per heavy atom. The zero-order valence-electron chi connectivity index (χ0n) is 6.17. The zero-order valence-corrected chi connectivity index (χ0v) is 6.99. The van der Waals surface area contributed by atoms with Crippen LogP contribution in [0.4, 0.5) is 13.2 Å². The van der Waals surface area contributed by atoms with E-state index in [1.54, 1.807) is 0 Å². The fraction of sp³-hybridized carbons (Fsp3) is 0.143. The van der Waals surface area contributed by atoms with Crippen molar-refractivity contribution >= 4 is 21.7 Å². The molecule has 0 atom stereocenters. The van der Waals surface area contributed by atoms with Gasteiger partial charge in [-0.15, -0.1) is 11.3 Å². The van der Waals surface area contributed by atoms with Crippen LogP contribution in [0.2, 0.25) is 0 Å². The van der Waals surface area contributed by atoms with E-state index in [0.717, 1.165) is 23.6 Å². The van der Waals surface area contributed by atoms with Crippen LogP contribution in [0.25, 0.3) is 10.3 Å². The molecule has 6 heteroatoms. The number of hydrogen-bond donors (Lipinski definition) is 0. The molecule has 0 saturated carbocycles. The van der Waals surface area contributed by atoms with Gasteiger partial charge in [0, 0.05) is 6.20 Å². The Bertz CT molecular complexity index is 434. The molecular weight excluding hydrogens is 201 g/mol. The first kappa shape index (κ1) is 8.43. The van der Waals surface area contributed by atoms with Gasteiger partial charge in [0.1, 0.15) is 0 Å². The van der Waals surface area contributed by atoms with Crippen LogP contribution in [0.5, 0.6) is 0 Å². The van der Waals surface area contributed by atoms with Crippen LogP contribution < -0.4 is 0 Å². The molecule has 2 rings (SSSR count). The summed E-state index contributed by atoms with van der Waals surface area (Å²) in [6, 6.07) is 1.06. The molecular formula is C7H3F3N2S. The lowest BCUT2D eigenvalue weighted by molar-refractivity contribution is -0.137. The minimum Gasteiger partial charge on any atom is -0.235 e. The highest BCUT2D eigenvalue weighted by Crippen LogP contribution is 2.30. The molecule has 0 bridgehead atoms. The minimum absolute atomic E-state index is 0.359. The number of aromatic nitrogens is 2. The van der Waals surface area contributed by atoms with E-state index in [1.165, 1.54) is 5.51 Å². The third kappa shape index (κ3) is 1.49. The molecule has 68 valence electrons. The largest absolute Gasteiger partial charge is 0.417 e. The predicted octanol–water partition coefficient (Wildman–Crippen LogP) is 2.71. The molecule has 0 spiro atoms. The number of halogens is 3. The third-order valence-electron chi connectivity index (χ3n) is 1.51. The zero-order chi connectivity index (χ0) is 9.47. The lowest BCUT2D eigenvalue weighted by atomic mass is 10.3. The summed E-state index contributed by atoms with van der Waals surface area (Å²) >= 11 is 1.14. The number of hydrogen-bond acceptors (Lipinski definition) is 3. The van der Waals surface area contributed by atoms with Gasteiger partial charge in [-0.1, -0.05) is 0 Å². The maximum absolute atomic E-state index is 12.2. The predicted molar refractivity (Wildman–Crippen MR) is 42.4 cm³/mol. The topological polar surface area (TPSA) is 25.8 Å². The van der Waals surface area contributed by atoms with E-state index >= 15 is 0 Å². The van der Waals surface area contributed by atoms with Gasteiger partial charge in [0.15, 0.2) is 5.65 Å². The van der Waals surface area contributed by atoms with Gasteiger partial charge in [-0.2, -0.15) is 13.2 Å². The lowest BCUT2D eigenvalue weighted by Gasteiger charge is -2.04. The maximum atomic E-state index is 12.2. The van der Waals surface area contributed by atoms with Crippen molar-refractivity contribution in [2.24, 2.45) is 0 Å². The molecule has 0 aliphatic heterocycles. The van der Waals surface area contributed by atoms with Crippen LogP contribution in [0, 0.1) is 0 Å². The van der Waals surface area contributed by atoms with Crippen molar-refractivity contribution in [3.05, 3.63) is 23.3 Å². The molecule has 2 aromatic heterocycles. The average molecular weight is 204 g/mol. The highest BCUT2D eigenvalue weighted by atomic mass is 32.1. The molecule has 0 unspecified atom stereocenters. The van der Waals surface area contributed by atoms with Gasteiger partial charge in [0.2, 0.25) is 0 Å². The normalized spacial score (nSPS) is 12.2. The van der Waals surface area contributed by atoms with Gasteiger partial charge in [-0.25, -0.2) is 9.97 Å². The summed E-state index contributed by atoms with van der Waals surface area (Å²) < 4.78 is 37.0. The van der Waals surface area contributed by atoms with Crippen LogP contribution in [-0.2, 0) is 6.18 Å². The molecule has 0 amide bonds. The van der Waals surface area contributed by atoms with Crippen LogP contribution in [-0.4, -0.2) is 9.97 Å². The van der Waals surface area contributed by atoms with Gasteiger partial charge >= 0.3 is 6.18 Å². The first-order chi connectivity index (χ1) is 6.07. The SMILES string of the molecule is FC(F)(F)c1cnc2ncsc2c1. The lowest BCUT2D eigenvalue weighted by Crippen LogP contribution is -2.04. The average Bonchev–Trinajstić information content (AvgIpc) is 2.47. The standard InChI is InChI=1S/C7H3F3N2S/c8-7(9,10)4-1-5-6(11-2-4)12-3-13-5/h1-3H. The van der Waals surface area contributed by atoms with E-state index in [2.05, 4.69) is 9.97 Å². The van der Waals surface area contributed by atoms with Gasteiger partial charge in [0.05, 0.1) is 15.8 Å². The molecule has 0 aliphatic rings.